The van der Waals surface area contributed by atoms with Crippen molar-refractivity contribution in [3.05, 3.63) is 65.2 Å². The second kappa shape index (κ2) is 9.93. The first kappa shape index (κ1) is 21.5. The Bertz CT molecular complexity index is 810. The molecule has 0 spiro atoms. The minimum atomic E-state index is -0.0724. The van der Waals surface area contributed by atoms with Gasteiger partial charge in [-0.25, -0.2) is 0 Å². The maximum Gasteiger partial charge on any atom is 0.221 e. The van der Waals surface area contributed by atoms with Crippen LogP contribution in [0.3, 0.4) is 0 Å². The van der Waals surface area contributed by atoms with E-state index < -0.39 is 0 Å². The van der Waals surface area contributed by atoms with Gasteiger partial charge in [0.25, 0.3) is 0 Å². The minimum Gasteiger partial charge on any atom is -0.356 e. The highest BCUT2D eigenvalue weighted by atomic mass is 16.1. The number of aryl methyl sites for hydroxylation is 1. The van der Waals surface area contributed by atoms with Crippen molar-refractivity contribution < 1.29 is 4.79 Å². The average Bonchev–Trinajstić information content (AvgIpc) is 2.68. The molecule has 2 aromatic carbocycles. The summed E-state index contributed by atoms with van der Waals surface area (Å²) in [4.78, 5) is 15.5. The summed E-state index contributed by atoms with van der Waals surface area (Å²) >= 11 is 0. The quantitative estimate of drug-likeness (QED) is 0.505. The molecule has 0 aliphatic heterocycles. The van der Waals surface area contributed by atoms with Crippen LogP contribution in [0.5, 0.6) is 0 Å². The molecular weight excluding hydrogens is 348 g/mol. The first-order chi connectivity index (χ1) is 13.3. The molecule has 0 bridgehead atoms. The number of nitrogens with zero attached hydrogens (tertiary/aromatic N) is 1. The summed E-state index contributed by atoms with van der Waals surface area (Å²) in [6, 6.07) is 16.6. The average molecular weight is 381 g/mol. The zero-order chi connectivity index (χ0) is 20.6. The number of benzene rings is 2. The predicted molar refractivity (Wildman–Crippen MR) is 118 cm³/mol. The van der Waals surface area contributed by atoms with Crippen molar-refractivity contribution >= 4 is 17.6 Å². The maximum atomic E-state index is 11.2. The van der Waals surface area contributed by atoms with E-state index in [1.54, 1.807) is 7.05 Å². The standard InChI is InChI=1S/C23H32N4O/c1-6-18-10-12-20(13-11-18)23(3,4)16-26-22(24-5)25-15-19-8-7-9-21(14-19)27-17(2)28/h7-14H,6,15-16H2,1-5H3,(H,27,28)(H2,24,25,26). The van der Waals surface area contributed by atoms with Gasteiger partial charge in [0.1, 0.15) is 0 Å². The molecule has 28 heavy (non-hydrogen) atoms. The van der Waals surface area contributed by atoms with E-state index in [-0.39, 0.29) is 11.3 Å². The Morgan fingerprint density at radius 1 is 1.04 bits per heavy atom. The van der Waals surface area contributed by atoms with Crippen molar-refractivity contribution in [2.45, 2.75) is 46.1 Å². The molecule has 5 heteroatoms. The highest BCUT2D eigenvalue weighted by Gasteiger charge is 2.20. The van der Waals surface area contributed by atoms with Crippen molar-refractivity contribution in [2.75, 3.05) is 18.9 Å². The third-order valence-electron chi connectivity index (χ3n) is 4.77. The van der Waals surface area contributed by atoms with Gasteiger partial charge in [0, 0.05) is 38.2 Å². The number of aliphatic imine (C=N–C) groups is 1. The van der Waals surface area contributed by atoms with E-state index in [4.69, 9.17) is 0 Å². The number of carbonyl (C=O) groups excluding carboxylic acids is 1. The molecule has 0 atom stereocenters. The molecule has 2 aromatic rings. The van der Waals surface area contributed by atoms with E-state index in [1.165, 1.54) is 18.1 Å². The van der Waals surface area contributed by atoms with Crippen LogP contribution in [0.1, 0.15) is 44.4 Å². The van der Waals surface area contributed by atoms with E-state index in [2.05, 4.69) is 66.0 Å². The van der Waals surface area contributed by atoms with Gasteiger partial charge in [0.15, 0.2) is 5.96 Å². The van der Waals surface area contributed by atoms with Crippen LogP contribution < -0.4 is 16.0 Å². The van der Waals surface area contributed by atoms with Gasteiger partial charge in [-0.2, -0.15) is 0 Å². The van der Waals surface area contributed by atoms with Crippen molar-refractivity contribution in [3.63, 3.8) is 0 Å². The number of nitrogens with one attached hydrogen (secondary N) is 3. The molecule has 0 aliphatic carbocycles. The van der Waals surface area contributed by atoms with E-state index in [1.807, 2.05) is 24.3 Å². The van der Waals surface area contributed by atoms with Gasteiger partial charge in [-0.15, -0.1) is 0 Å². The molecule has 150 valence electrons. The van der Waals surface area contributed by atoms with Crippen molar-refractivity contribution in [1.29, 1.82) is 0 Å². The van der Waals surface area contributed by atoms with Gasteiger partial charge < -0.3 is 16.0 Å². The summed E-state index contributed by atoms with van der Waals surface area (Å²) in [5.74, 6) is 0.681. The fraction of sp³-hybridized carbons (Fsp3) is 0.391. The summed E-state index contributed by atoms with van der Waals surface area (Å²) in [6.07, 6.45) is 1.05. The smallest absolute Gasteiger partial charge is 0.221 e. The molecular formula is C23H32N4O. The minimum absolute atomic E-state index is 0.0186. The topological polar surface area (TPSA) is 65.5 Å². The zero-order valence-corrected chi connectivity index (χ0v) is 17.6. The number of hydrogen-bond acceptors (Lipinski definition) is 2. The second-order valence-corrected chi connectivity index (χ2v) is 7.60. The Kier molecular flexibility index (Phi) is 7.61. The Labute approximate surface area is 168 Å². The lowest BCUT2D eigenvalue weighted by Gasteiger charge is -2.27. The first-order valence-electron chi connectivity index (χ1n) is 9.74. The van der Waals surface area contributed by atoms with Gasteiger partial charge in [-0.1, -0.05) is 57.2 Å². The fourth-order valence-electron chi connectivity index (χ4n) is 2.97. The molecule has 0 aromatic heterocycles. The molecule has 5 nitrogen and oxygen atoms in total. The van der Waals surface area contributed by atoms with Crippen LogP contribution in [0.15, 0.2) is 53.5 Å². The molecule has 0 unspecified atom stereocenters. The third-order valence-corrected chi connectivity index (χ3v) is 4.77. The predicted octanol–water partition coefficient (Wildman–Crippen LogP) is 3.85. The zero-order valence-electron chi connectivity index (χ0n) is 17.6. The van der Waals surface area contributed by atoms with Crippen molar-refractivity contribution in [2.24, 2.45) is 4.99 Å². The molecule has 0 saturated heterocycles. The lowest BCUT2D eigenvalue weighted by molar-refractivity contribution is -0.114. The number of carbonyl (C=O) groups is 1. The molecule has 0 aliphatic rings. The molecule has 3 N–H and O–H groups in total. The number of anilines is 1. The maximum absolute atomic E-state index is 11.2. The molecule has 0 heterocycles. The van der Waals surface area contributed by atoms with Crippen LogP contribution >= 0.6 is 0 Å². The van der Waals surface area contributed by atoms with Crippen LogP contribution in [0.4, 0.5) is 5.69 Å². The molecule has 0 saturated carbocycles. The highest BCUT2D eigenvalue weighted by molar-refractivity contribution is 5.88. The summed E-state index contributed by atoms with van der Waals surface area (Å²) < 4.78 is 0. The number of hydrogen-bond donors (Lipinski definition) is 3. The van der Waals surface area contributed by atoms with Crippen molar-refractivity contribution in [1.82, 2.24) is 10.6 Å². The third kappa shape index (κ3) is 6.41. The summed E-state index contributed by atoms with van der Waals surface area (Å²) in [5, 5.41) is 9.56. The lowest BCUT2D eigenvalue weighted by atomic mass is 9.84. The van der Waals surface area contributed by atoms with Crippen molar-refractivity contribution in [3.8, 4) is 0 Å². The Morgan fingerprint density at radius 3 is 2.36 bits per heavy atom. The number of amides is 1. The van der Waals surface area contributed by atoms with Gasteiger partial charge in [-0.3, -0.25) is 9.79 Å². The van der Waals surface area contributed by atoms with Crippen LogP contribution in [0.2, 0.25) is 0 Å². The SMILES string of the molecule is CCc1ccc(C(C)(C)CNC(=NC)NCc2cccc(NC(C)=O)c2)cc1. The normalized spacial score (nSPS) is 11.8. The second-order valence-electron chi connectivity index (χ2n) is 7.60. The molecule has 2 rings (SSSR count). The molecule has 1 amide bonds. The first-order valence-corrected chi connectivity index (χ1v) is 9.74. The number of guanidine groups is 1. The van der Waals surface area contributed by atoms with Crippen LogP contribution in [0, 0.1) is 0 Å². The molecule has 0 fully saturated rings. The van der Waals surface area contributed by atoms with Gasteiger partial charge in [0.2, 0.25) is 5.91 Å². The Balaban J connectivity index is 1.92. The number of rotatable bonds is 7. The summed E-state index contributed by atoms with van der Waals surface area (Å²) in [7, 11) is 1.77. The van der Waals surface area contributed by atoms with E-state index in [0.29, 0.717) is 6.54 Å². The summed E-state index contributed by atoms with van der Waals surface area (Å²) in [6.45, 7) is 9.52. The fourth-order valence-corrected chi connectivity index (χ4v) is 2.97. The monoisotopic (exact) mass is 380 g/mol. The van der Waals surface area contributed by atoms with E-state index in [0.717, 1.165) is 30.2 Å². The van der Waals surface area contributed by atoms with Crippen LogP contribution in [-0.2, 0) is 23.2 Å². The Hall–Kier alpha value is -2.82. The van der Waals surface area contributed by atoms with Crippen LogP contribution in [0.25, 0.3) is 0 Å². The van der Waals surface area contributed by atoms with Gasteiger partial charge in [-0.05, 0) is 35.2 Å². The van der Waals surface area contributed by atoms with E-state index >= 15 is 0 Å². The highest BCUT2D eigenvalue weighted by Crippen LogP contribution is 2.22. The lowest BCUT2D eigenvalue weighted by Crippen LogP contribution is -2.43. The van der Waals surface area contributed by atoms with Crippen LogP contribution in [-0.4, -0.2) is 25.5 Å². The van der Waals surface area contributed by atoms with E-state index in [9.17, 15) is 4.79 Å². The van der Waals surface area contributed by atoms with Gasteiger partial charge >= 0.3 is 0 Å². The molecule has 0 radical (unpaired) electrons. The van der Waals surface area contributed by atoms with Gasteiger partial charge in [0.05, 0.1) is 0 Å². The Morgan fingerprint density at radius 2 is 1.75 bits per heavy atom. The summed E-state index contributed by atoms with van der Waals surface area (Å²) in [5.41, 5.74) is 4.51. The largest absolute Gasteiger partial charge is 0.356 e.